The van der Waals surface area contributed by atoms with Crippen LogP contribution in [-0.4, -0.2) is 24.2 Å². The maximum absolute atomic E-state index is 13.7. The molecule has 0 aliphatic rings. The van der Waals surface area contributed by atoms with E-state index >= 15 is 0 Å². The number of hydrogen-bond acceptors (Lipinski definition) is 2. The van der Waals surface area contributed by atoms with Crippen LogP contribution in [0.25, 0.3) is 0 Å². The summed E-state index contributed by atoms with van der Waals surface area (Å²) in [6, 6.07) is 7.10. The van der Waals surface area contributed by atoms with E-state index in [9.17, 15) is 4.39 Å². The van der Waals surface area contributed by atoms with Crippen LogP contribution in [0.1, 0.15) is 31.9 Å². The Morgan fingerprint density at radius 1 is 1.35 bits per heavy atom. The first-order chi connectivity index (χ1) is 8.10. The molecule has 1 aromatic rings. The van der Waals surface area contributed by atoms with Crippen LogP contribution in [0.2, 0.25) is 0 Å². The maximum Gasteiger partial charge on any atom is 0.127 e. The van der Waals surface area contributed by atoms with Crippen molar-refractivity contribution in [2.24, 2.45) is 5.92 Å². The van der Waals surface area contributed by atoms with Crippen molar-refractivity contribution in [2.75, 3.05) is 19.3 Å². The minimum atomic E-state index is -0.120. The van der Waals surface area contributed by atoms with Crippen LogP contribution in [-0.2, 0) is 0 Å². The monoisotopic (exact) mass is 255 g/mol. The fourth-order valence-electron chi connectivity index (χ4n) is 1.93. The van der Waals surface area contributed by atoms with E-state index in [0.717, 1.165) is 24.3 Å². The summed E-state index contributed by atoms with van der Waals surface area (Å²) in [5.74, 6) is 1.33. The number of hydrogen-bond donors (Lipinski definition) is 1. The average molecular weight is 255 g/mol. The third-order valence-corrected chi connectivity index (χ3v) is 3.91. The molecule has 0 N–H and O–H groups in total. The summed E-state index contributed by atoms with van der Waals surface area (Å²) >= 11 is 4.35. The van der Waals surface area contributed by atoms with Crippen LogP contribution < -0.4 is 0 Å². The van der Waals surface area contributed by atoms with Gasteiger partial charge in [-0.15, -0.1) is 0 Å². The molecule has 1 nitrogen and oxygen atoms in total. The molecular weight excluding hydrogens is 233 g/mol. The molecule has 0 saturated carbocycles. The van der Waals surface area contributed by atoms with Crippen molar-refractivity contribution in [3.63, 3.8) is 0 Å². The van der Waals surface area contributed by atoms with Crippen molar-refractivity contribution < 1.29 is 4.39 Å². The lowest BCUT2D eigenvalue weighted by molar-refractivity contribution is 0.222. The molecule has 1 rings (SSSR count). The zero-order valence-electron chi connectivity index (χ0n) is 10.9. The highest BCUT2D eigenvalue weighted by Crippen LogP contribution is 2.22. The largest absolute Gasteiger partial charge is 0.299 e. The molecule has 0 spiro atoms. The third kappa shape index (κ3) is 4.00. The van der Waals surface area contributed by atoms with Crippen molar-refractivity contribution in [1.82, 2.24) is 4.90 Å². The van der Waals surface area contributed by atoms with E-state index < -0.39 is 0 Å². The van der Waals surface area contributed by atoms with Crippen LogP contribution >= 0.6 is 12.6 Å². The van der Waals surface area contributed by atoms with Gasteiger partial charge in [0, 0.05) is 18.2 Å². The van der Waals surface area contributed by atoms with E-state index in [1.165, 1.54) is 6.07 Å². The van der Waals surface area contributed by atoms with E-state index in [2.05, 4.69) is 24.5 Å². The molecule has 2 atom stereocenters. The van der Waals surface area contributed by atoms with Gasteiger partial charge in [0.1, 0.15) is 5.82 Å². The van der Waals surface area contributed by atoms with Gasteiger partial charge in [-0.1, -0.05) is 31.5 Å². The number of rotatable bonds is 6. The average Bonchev–Trinajstić information content (AvgIpc) is 2.35. The quantitative estimate of drug-likeness (QED) is 0.757. The van der Waals surface area contributed by atoms with Gasteiger partial charge in [0.05, 0.1) is 0 Å². The Labute approximate surface area is 109 Å². The summed E-state index contributed by atoms with van der Waals surface area (Å²) in [6.45, 7) is 5.17. The Morgan fingerprint density at radius 3 is 2.53 bits per heavy atom. The van der Waals surface area contributed by atoms with Crippen LogP contribution in [0.3, 0.4) is 0 Å². The predicted octanol–water partition coefficient (Wildman–Crippen LogP) is 3.77. The van der Waals surface area contributed by atoms with Gasteiger partial charge in [-0.25, -0.2) is 4.39 Å². The van der Waals surface area contributed by atoms with Crippen molar-refractivity contribution in [3.05, 3.63) is 35.6 Å². The zero-order chi connectivity index (χ0) is 12.8. The molecule has 0 aromatic heterocycles. The predicted molar refractivity (Wildman–Crippen MR) is 75.1 cm³/mol. The molecule has 3 heteroatoms. The molecule has 2 unspecified atom stereocenters. The van der Waals surface area contributed by atoms with Gasteiger partial charge >= 0.3 is 0 Å². The Balaban J connectivity index is 2.69. The second-order valence-corrected chi connectivity index (χ2v) is 4.96. The summed E-state index contributed by atoms with van der Waals surface area (Å²) in [6.07, 6.45) is 1.11. The van der Waals surface area contributed by atoms with Gasteiger partial charge < -0.3 is 0 Å². The van der Waals surface area contributed by atoms with Crippen LogP contribution in [0.15, 0.2) is 24.3 Å². The number of halogens is 1. The van der Waals surface area contributed by atoms with E-state index in [1.807, 2.05) is 26.1 Å². The maximum atomic E-state index is 13.7. The summed E-state index contributed by atoms with van der Waals surface area (Å²) in [4.78, 5) is 2.20. The van der Waals surface area contributed by atoms with Crippen LogP contribution in [0, 0.1) is 11.7 Å². The molecule has 0 aliphatic carbocycles. The summed E-state index contributed by atoms with van der Waals surface area (Å²) in [5, 5.41) is 0. The van der Waals surface area contributed by atoms with Crippen molar-refractivity contribution in [2.45, 2.75) is 26.3 Å². The minimum Gasteiger partial charge on any atom is -0.299 e. The highest BCUT2D eigenvalue weighted by molar-refractivity contribution is 7.80. The highest BCUT2D eigenvalue weighted by atomic mass is 32.1. The smallest absolute Gasteiger partial charge is 0.127 e. The lowest BCUT2D eigenvalue weighted by atomic mass is 10.0. The molecule has 0 saturated heterocycles. The Bertz CT molecular complexity index is 339. The van der Waals surface area contributed by atoms with Crippen LogP contribution in [0.5, 0.6) is 0 Å². The fraction of sp³-hybridized carbons (Fsp3) is 0.571. The number of thiol groups is 1. The first-order valence-electron chi connectivity index (χ1n) is 6.15. The minimum absolute atomic E-state index is 0.102. The topological polar surface area (TPSA) is 3.24 Å². The SMILES string of the molecule is CCC(CS)CN(C)C(C)c1ccccc1F. The van der Waals surface area contributed by atoms with E-state index in [1.54, 1.807) is 6.07 Å². The molecule has 0 fully saturated rings. The fourth-order valence-corrected chi connectivity index (χ4v) is 2.31. The van der Waals surface area contributed by atoms with Gasteiger partial charge in [-0.2, -0.15) is 12.6 Å². The molecule has 0 heterocycles. The Kier molecular flexibility index (Phi) is 6.00. The van der Waals surface area contributed by atoms with Gasteiger partial charge in [0.15, 0.2) is 0 Å². The van der Waals surface area contributed by atoms with Crippen molar-refractivity contribution >= 4 is 12.6 Å². The molecule has 17 heavy (non-hydrogen) atoms. The normalized spacial score (nSPS) is 14.9. The lowest BCUT2D eigenvalue weighted by Crippen LogP contribution is -2.29. The molecule has 0 radical (unpaired) electrons. The van der Waals surface area contributed by atoms with Gasteiger partial charge in [-0.3, -0.25) is 4.90 Å². The van der Waals surface area contributed by atoms with E-state index in [0.29, 0.717) is 5.92 Å². The molecule has 0 aliphatic heterocycles. The summed E-state index contributed by atoms with van der Waals surface area (Å²) in [5.41, 5.74) is 0.768. The van der Waals surface area contributed by atoms with E-state index in [4.69, 9.17) is 0 Å². The van der Waals surface area contributed by atoms with Gasteiger partial charge in [0.2, 0.25) is 0 Å². The van der Waals surface area contributed by atoms with Gasteiger partial charge in [0.25, 0.3) is 0 Å². The zero-order valence-corrected chi connectivity index (χ0v) is 11.8. The number of benzene rings is 1. The highest BCUT2D eigenvalue weighted by Gasteiger charge is 2.17. The molecule has 96 valence electrons. The lowest BCUT2D eigenvalue weighted by Gasteiger charge is -2.28. The standard InChI is InChI=1S/C14H22FNS/c1-4-12(10-17)9-16(3)11(2)13-7-5-6-8-14(13)15/h5-8,11-12,17H,4,9-10H2,1-3H3. The first kappa shape index (κ1) is 14.5. The van der Waals surface area contributed by atoms with Crippen molar-refractivity contribution in [1.29, 1.82) is 0 Å². The molecular formula is C14H22FNS. The van der Waals surface area contributed by atoms with Crippen LogP contribution in [0.4, 0.5) is 4.39 Å². The third-order valence-electron chi connectivity index (χ3n) is 3.40. The Morgan fingerprint density at radius 2 is 2.00 bits per heavy atom. The van der Waals surface area contributed by atoms with Gasteiger partial charge in [-0.05, 0) is 31.7 Å². The summed E-state index contributed by atoms with van der Waals surface area (Å²) in [7, 11) is 2.04. The second kappa shape index (κ2) is 7.02. The number of nitrogens with zero attached hydrogens (tertiary/aromatic N) is 1. The van der Waals surface area contributed by atoms with Crippen molar-refractivity contribution in [3.8, 4) is 0 Å². The summed E-state index contributed by atoms with van der Waals surface area (Å²) < 4.78 is 13.7. The molecule has 1 aromatic carbocycles. The first-order valence-corrected chi connectivity index (χ1v) is 6.78. The second-order valence-electron chi connectivity index (χ2n) is 4.59. The molecule has 0 amide bonds. The van der Waals surface area contributed by atoms with E-state index in [-0.39, 0.29) is 11.9 Å². The Hall–Kier alpha value is -0.540. The molecule has 0 bridgehead atoms.